The number of aromatic nitrogens is 2. The van der Waals surface area contributed by atoms with Gasteiger partial charge in [0.25, 0.3) is 5.91 Å². The van der Waals surface area contributed by atoms with Crippen molar-refractivity contribution in [3.8, 4) is 0 Å². The fraction of sp³-hybridized carbons (Fsp3) is 0.562. The molecule has 0 radical (unpaired) electrons. The van der Waals surface area contributed by atoms with E-state index < -0.39 is 0 Å². The van der Waals surface area contributed by atoms with Gasteiger partial charge in [0, 0.05) is 18.2 Å². The van der Waals surface area contributed by atoms with Gasteiger partial charge in [-0.25, -0.2) is 9.97 Å². The molecule has 4 heteroatoms. The normalized spacial score (nSPS) is 16.7. The summed E-state index contributed by atoms with van der Waals surface area (Å²) in [7, 11) is 0. The molecule has 1 heterocycles. The topological polar surface area (TPSA) is 54.9 Å². The number of nitrogens with one attached hydrogen (secondary N) is 1. The minimum atomic E-state index is -0.117. The summed E-state index contributed by atoms with van der Waals surface area (Å²) in [6.45, 7) is 6.08. The zero-order valence-corrected chi connectivity index (χ0v) is 12.5. The second-order valence-corrected chi connectivity index (χ2v) is 5.67. The SMILES string of the molecule is CC(C)c1nccc(C(=O)N[C@H](C)C2=CCCCC2)n1. The summed E-state index contributed by atoms with van der Waals surface area (Å²) in [6, 6.07) is 1.75. The summed E-state index contributed by atoms with van der Waals surface area (Å²) in [4.78, 5) is 20.8. The molecule has 0 saturated carbocycles. The van der Waals surface area contributed by atoms with E-state index in [1.165, 1.54) is 18.4 Å². The minimum absolute atomic E-state index is 0.0836. The van der Waals surface area contributed by atoms with Crippen LogP contribution in [0, 0.1) is 0 Å². The molecular formula is C16H23N3O. The standard InChI is InChI=1S/C16H23N3O/c1-11(2)15-17-10-9-14(19-15)16(20)18-12(3)13-7-5-4-6-8-13/h7,9-12H,4-6,8H2,1-3H3,(H,18,20)/t12-/m1/s1. The second-order valence-electron chi connectivity index (χ2n) is 5.67. The molecule has 0 bridgehead atoms. The van der Waals surface area contributed by atoms with Crippen molar-refractivity contribution in [3.63, 3.8) is 0 Å². The van der Waals surface area contributed by atoms with Gasteiger partial charge >= 0.3 is 0 Å². The summed E-state index contributed by atoms with van der Waals surface area (Å²) in [5, 5.41) is 3.03. The van der Waals surface area contributed by atoms with Crippen molar-refractivity contribution >= 4 is 5.91 Å². The van der Waals surface area contributed by atoms with E-state index in [0.29, 0.717) is 11.5 Å². The fourth-order valence-electron chi connectivity index (χ4n) is 2.40. The molecule has 0 spiro atoms. The molecule has 1 aromatic rings. The Balaban J connectivity index is 2.04. The summed E-state index contributed by atoms with van der Waals surface area (Å²) in [5.41, 5.74) is 1.79. The third-order valence-corrected chi connectivity index (χ3v) is 3.65. The Morgan fingerprint density at radius 2 is 2.10 bits per heavy atom. The second kappa shape index (κ2) is 6.64. The van der Waals surface area contributed by atoms with Crippen LogP contribution in [-0.4, -0.2) is 21.9 Å². The summed E-state index contributed by atoms with van der Waals surface area (Å²) < 4.78 is 0. The highest BCUT2D eigenvalue weighted by atomic mass is 16.1. The van der Waals surface area contributed by atoms with E-state index in [9.17, 15) is 4.79 Å². The predicted molar refractivity (Wildman–Crippen MR) is 79.6 cm³/mol. The molecule has 20 heavy (non-hydrogen) atoms. The van der Waals surface area contributed by atoms with Crippen molar-refractivity contribution in [2.24, 2.45) is 0 Å². The van der Waals surface area contributed by atoms with E-state index in [2.05, 4.69) is 21.4 Å². The average Bonchev–Trinajstić information content (AvgIpc) is 2.48. The zero-order valence-electron chi connectivity index (χ0n) is 12.5. The first-order chi connectivity index (χ1) is 9.58. The van der Waals surface area contributed by atoms with Gasteiger partial charge in [0.1, 0.15) is 11.5 Å². The largest absolute Gasteiger partial charge is 0.345 e. The highest BCUT2D eigenvalue weighted by molar-refractivity contribution is 5.92. The van der Waals surface area contributed by atoms with Gasteiger partial charge < -0.3 is 5.32 Å². The lowest BCUT2D eigenvalue weighted by Gasteiger charge is -2.20. The number of hydrogen-bond acceptors (Lipinski definition) is 3. The van der Waals surface area contributed by atoms with Gasteiger partial charge in [-0.2, -0.15) is 0 Å². The maximum atomic E-state index is 12.2. The molecule has 1 amide bonds. The summed E-state index contributed by atoms with van der Waals surface area (Å²) in [5.74, 6) is 0.816. The molecule has 0 aromatic carbocycles. The number of hydrogen-bond donors (Lipinski definition) is 1. The van der Waals surface area contributed by atoms with E-state index >= 15 is 0 Å². The van der Waals surface area contributed by atoms with Gasteiger partial charge in [-0.1, -0.05) is 25.5 Å². The number of nitrogens with zero attached hydrogens (tertiary/aromatic N) is 2. The van der Waals surface area contributed by atoms with Crippen molar-refractivity contribution in [2.45, 2.75) is 58.4 Å². The number of amides is 1. The van der Waals surface area contributed by atoms with Crippen molar-refractivity contribution in [2.75, 3.05) is 0 Å². The number of carbonyl (C=O) groups excluding carboxylic acids is 1. The first kappa shape index (κ1) is 14.7. The fourth-order valence-corrected chi connectivity index (χ4v) is 2.40. The molecule has 0 unspecified atom stereocenters. The lowest BCUT2D eigenvalue weighted by molar-refractivity contribution is 0.0939. The molecule has 1 aliphatic rings. The van der Waals surface area contributed by atoms with Crippen LogP contribution in [-0.2, 0) is 0 Å². The molecule has 1 atom stereocenters. The Morgan fingerprint density at radius 1 is 1.30 bits per heavy atom. The molecule has 1 aliphatic carbocycles. The van der Waals surface area contributed by atoms with Crippen LogP contribution in [0.1, 0.15) is 68.7 Å². The molecule has 0 fully saturated rings. The highest BCUT2D eigenvalue weighted by Gasteiger charge is 2.16. The van der Waals surface area contributed by atoms with Crippen LogP contribution in [0.5, 0.6) is 0 Å². The van der Waals surface area contributed by atoms with Gasteiger partial charge in [-0.15, -0.1) is 0 Å². The van der Waals surface area contributed by atoms with Crippen LogP contribution in [0.25, 0.3) is 0 Å². The lowest BCUT2D eigenvalue weighted by Crippen LogP contribution is -2.35. The van der Waals surface area contributed by atoms with E-state index in [-0.39, 0.29) is 17.9 Å². The molecule has 2 rings (SSSR count). The van der Waals surface area contributed by atoms with Gasteiger partial charge in [-0.05, 0) is 38.7 Å². The molecule has 1 N–H and O–H groups in total. The van der Waals surface area contributed by atoms with Gasteiger partial charge in [0.05, 0.1) is 0 Å². The Hall–Kier alpha value is -1.71. The van der Waals surface area contributed by atoms with Crippen LogP contribution in [0.3, 0.4) is 0 Å². The Labute approximate surface area is 120 Å². The van der Waals surface area contributed by atoms with E-state index in [1.54, 1.807) is 12.3 Å². The Kier molecular flexibility index (Phi) is 4.88. The lowest BCUT2D eigenvalue weighted by atomic mass is 9.95. The minimum Gasteiger partial charge on any atom is -0.345 e. The Morgan fingerprint density at radius 3 is 2.75 bits per heavy atom. The van der Waals surface area contributed by atoms with Crippen molar-refractivity contribution < 1.29 is 4.79 Å². The number of allylic oxidation sites excluding steroid dienone is 1. The number of carbonyl (C=O) groups is 1. The predicted octanol–water partition coefficient (Wildman–Crippen LogP) is 3.22. The van der Waals surface area contributed by atoms with Gasteiger partial charge in [-0.3, -0.25) is 4.79 Å². The smallest absolute Gasteiger partial charge is 0.270 e. The average molecular weight is 273 g/mol. The van der Waals surface area contributed by atoms with Crippen molar-refractivity contribution in [1.82, 2.24) is 15.3 Å². The molecule has 0 saturated heterocycles. The first-order valence-corrected chi connectivity index (χ1v) is 7.40. The molecule has 1 aromatic heterocycles. The van der Waals surface area contributed by atoms with E-state index in [1.807, 2.05) is 20.8 Å². The molecular weight excluding hydrogens is 250 g/mol. The summed E-state index contributed by atoms with van der Waals surface area (Å²) in [6.07, 6.45) is 8.60. The van der Waals surface area contributed by atoms with Crippen LogP contribution in [0.15, 0.2) is 23.9 Å². The van der Waals surface area contributed by atoms with E-state index in [4.69, 9.17) is 0 Å². The van der Waals surface area contributed by atoms with Crippen LogP contribution >= 0.6 is 0 Å². The van der Waals surface area contributed by atoms with Gasteiger partial charge in [0.15, 0.2) is 0 Å². The van der Waals surface area contributed by atoms with Crippen molar-refractivity contribution in [1.29, 1.82) is 0 Å². The third-order valence-electron chi connectivity index (χ3n) is 3.65. The first-order valence-electron chi connectivity index (χ1n) is 7.40. The van der Waals surface area contributed by atoms with Crippen LogP contribution in [0.2, 0.25) is 0 Å². The Bertz CT molecular complexity index is 508. The monoisotopic (exact) mass is 273 g/mol. The van der Waals surface area contributed by atoms with Crippen LogP contribution < -0.4 is 5.32 Å². The molecule has 4 nitrogen and oxygen atoms in total. The number of rotatable bonds is 4. The summed E-state index contributed by atoms with van der Waals surface area (Å²) >= 11 is 0. The maximum Gasteiger partial charge on any atom is 0.270 e. The van der Waals surface area contributed by atoms with Crippen molar-refractivity contribution in [3.05, 3.63) is 35.4 Å². The molecule has 0 aliphatic heterocycles. The van der Waals surface area contributed by atoms with Gasteiger partial charge in [0.2, 0.25) is 0 Å². The maximum absolute atomic E-state index is 12.2. The quantitative estimate of drug-likeness (QED) is 0.857. The zero-order chi connectivity index (χ0) is 14.5. The molecule has 108 valence electrons. The van der Waals surface area contributed by atoms with E-state index in [0.717, 1.165) is 12.8 Å². The van der Waals surface area contributed by atoms with Crippen LogP contribution in [0.4, 0.5) is 0 Å². The third kappa shape index (κ3) is 3.65. The highest BCUT2D eigenvalue weighted by Crippen LogP contribution is 2.20.